The first kappa shape index (κ1) is 34.0. The number of aliphatic carboxylic acids is 2. The van der Waals surface area contributed by atoms with Gasteiger partial charge in [-0.25, -0.2) is 4.79 Å². The number of nitrogens with two attached hydrogens (primary N) is 2. The molecule has 0 fully saturated rings. The van der Waals surface area contributed by atoms with Crippen molar-refractivity contribution < 1.29 is 34.1 Å². The van der Waals surface area contributed by atoms with Gasteiger partial charge < -0.3 is 31.7 Å². The topological polar surface area (TPSA) is 182 Å². The molecule has 0 bridgehead atoms. The van der Waals surface area contributed by atoms with Crippen LogP contribution in [0.3, 0.4) is 0 Å². The van der Waals surface area contributed by atoms with Crippen LogP contribution in [0.1, 0.15) is 104 Å². The largest absolute Gasteiger partial charge is 0.481 e. The normalized spacial score (nSPS) is 12.1. The number of carboxylic acid groups (broad SMARTS) is 2. The van der Waals surface area contributed by atoms with Crippen LogP contribution >= 0.6 is 0 Å². The molecule has 0 saturated heterocycles. The average Bonchev–Trinajstić information content (AvgIpc) is 2.77. The van der Waals surface area contributed by atoms with Gasteiger partial charge >= 0.3 is 17.9 Å². The van der Waals surface area contributed by atoms with Gasteiger partial charge in [-0.05, 0) is 39.2 Å². The molecule has 34 heavy (non-hydrogen) atoms. The molecule has 0 aliphatic carbocycles. The molecule has 0 heterocycles. The molecule has 2 atom stereocenters. The second kappa shape index (κ2) is 23.9. The lowest BCUT2D eigenvalue weighted by Crippen LogP contribution is -2.41. The van der Waals surface area contributed by atoms with E-state index in [9.17, 15) is 19.2 Å². The van der Waals surface area contributed by atoms with Gasteiger partial charge in [0.1, 0.15) is 12.1 Å². The van der Waals surface area contributed by atoms with Crippen LogP contribution in [0, 0.1) is 0 Å². The molecular weight excluding hydrogens is 442 g/mol. The predicted molar refractivity (Wildman–Crippen MR) is 131 cm³/mol. The SMILES string of the molecule is CCCCCCCCCCCC(=O)N[C@@H](CCCCN)C(=O)OCC.N[C@@H](CC(=O)O)C(=O)O. The van der Waals surface area contributed by atoms with E-state index in [0.29, 0.717) is 26.0 Å². The van der Waals surface area contributed by atoms with E-state index in [1.807, 2.05) is 0 Å². The lowest BCUT2D eigenvalue weighted by Gasteiger charge is -2.17. The van der Waals surface area contributed by atoms with Crippen molar-refractivity contribution in [3.63, 3.8) is 0 Å². The summed E-state index contributed by atoms with van der Waals surface area (Å²) in [5.74, 6) is -2.88. The van der Waals surface area contributed by atoms with Crippen molar-refractivity contribution in [1.82, 2.24) is 5.32 Å². The van der Waals surface area contributed by atoms with E-state index in [0.717, 1.165) is 25.7 Å². The summed E-state index contributed by atoms with van der Waals surface area (Å²) >= 11 is 0. The number of amides is 1. The van der Waals surface area contributed by atoms with Gasteiger partial charge in [0.2, 0.25) is 5.91 Å². The highest BCUT2D eigenvalue weighted by Gasteiger charge is 2.21. The van der Waals surface area contributed by atoms with E-state index in [1.54, 1.807) is 6.92 Å². The smallest absolute Gasteiger partial charge is 0.328 e. The van der Waals surface area contributed by atoms with Crippen LogP contribution < -0.4 is 16.8 Å². The number of hydrogen-bond acceptors (Lipinski definition) is 7. The Kier molecular flexibility index (Phi) is 23.9. The van der Waals surface area contributed by atoms with E-state index < -0.39 is 30.4 Å². The Hall–Kier alpha value is -2.20. The first-order valence-electron chi connectivity index (χ1n) is 12.6. The third-order valence-electron chi connectivity index (χ3n) is 5.07. The molecule has 0 aromatic heterocycles. The van der Waals surface area contributed by atoms with Gasteiger partial charge in [-0.15, -0.1) is 0 Å². The molecule has 10 heteroatoms. The lowest BCUT2D eigenvalue weighted by molar-refractivity contribution is -0.147. The Labute approximate surface area is 204 Å². The van der Waals surface area contributed by atoms with Crippen LogP contribution in [0.4, 0.5) is 0 Å². The average molecular weight is 490 g/mol. The summed E-state index contributed by atoms with van der Waals surface area (Å²) in [4.78, 5) is 43.6. The second-order valence-electron chi connectivity index (χ2n) is 8.28. The summed E-state index contributed by atoms with van der Waals surface area (Å²) in [6.45, 7) is 4.94. The number of hydrogen-bond donors (Lipinski definition) is 5. The molecule has 10 nitrogen and oxygen atoms in total. The van der Waals surface area contributed by atoms with E-state index in [1.165, 1.54) is 44.9 Å². The maximum absolute atomic E-state index is 12.1. The number of esters is 1. The standard InChI is InChI=1S/C20H40N2O3.C4H7NO4/c1-3-5-6-7-8-9-10-11-12-16-19(23)22-18(15-13-14-17-21)20(24)25-4-2;5-2(4(8)9)1-3(6)7/h18H,3-17,21H2,1-2H3,(H,22,23);2H,1,5H2,(H,6,7)(H,8,9)/t18-;2-/m00/s1. The molecular formula is C24H47N3O7. The number of carboxylic acids is 2. The van der Waals surface area contributed by atoms with Gasteiger partial charge in [0.15, 0.2) is 0 Å². The Morgan fingerprint density at radius 1 is 0.853 bits per heavy atom. The Morgan fingerprint density at radius 3 is 1.85 bits per heavy atom. The molecule has 0 spiro atoms. The molecule has 0 aliphatic rings. The fraction of sp³-hybridized carbons (Fsp3) is 0.833. The summed E-state index contributed by atoms with van der Waals surface area (Å²) in [6, 6.07) is -1.82. The van der Waals surface area contributed by atoms with Crippen molar-refractivity contribution in [3.8, 4) is 0 Å². The van der Waals surface area contributed by atoms with Crippen LogP contribution in [-0.4, -0.2) is 59.3 Å². The molecule has 0 rings (SSSR count). The van der Waals surface area contributed by atoms with Crippen molar-refractivity contribution >= 4 is 23.8 Å². The van der Waals surface area contributed by atoms with Crippen LogP contribution in [-0.2, 0) is 23.9 Å². The monoisotopic (exact) mass is 489 g/mol. The highest BCUT2D eigenvalue weighted by atomic mass is 16.5. The Bertz CT molecular complexity index is 559. The van der Waals surface area contributed by atoms with Crippen LogP contribution in [0.15, 0.2) is 0 Å². The van der Waals surface area contributed by atoms with E-state index in [-0.39, 0.29) is 11.9 Å². The quantitative estimate of drug-likeness (QED) is 0.127. The number of unbranched alkanes of at least 4 members (excludes halogenated alkanes) is 9. The van der Waals surface area contributed by atoms with Gasteiger partial charge in [0.05, 0.1) is 13.0 Å². The second-order valence-corrected chi connectivity index (χ2v) is 8.28. The number of rotatable bonds is 20. The van der Waals surface area contributed by atoms with Crippen molar-refractivity contribution in [2.24, 2.45) is 11.5 Å². The highest BCUT2D eigenvalue weighted by Crippen LogP contribution is 2.11. The van der Waals surface area contributed by atoms with Crippen LogP contribution in [0.5, 0.6) is 0 Å². The molecule has 0 saturated carbocycles. The van der Waals surface area contributed by atoms with Gasteiger partial charge in [-0.1, -0.05) is 58.3 Å². The van der Waals surface area contributed by atoms with Gasteiger partial charge in [-0.3, -0.25) is 14.4 Å². The first-order chi connectivity index (χ1) is 16.2. The minimum Gasteiger partial charge on any atom is -0.481 e. The first-order valence-corrected chi connectivity index (χ1v) is 12.6. The summed E-state index contributed by atoms with van der Waals surface area (Å²) in [5, 5.41) is 18.9. The van der Waals surface area contributed by atoms with E-state index in [4.69, 9.17) is 26.4 Å². The zero-order chi connectivity index (χ0) is 26.2. The van der Waals surface area contributed by atoms with Crippen LogP contribution in [0.2, 0.25) is 0 Å². The lowest BCUT2D eigenvalue weighted by atomic mass is 10.1. The predicted octanol–water partition coefficient (Wildman–Crippen LogP) is 2.96. The summed E-state index contributed by atoms with van der Waals surface area (Å²) in [7, 11) is 0. The molecule has 0 radical (unpaired) electrons. The Balaban J connectivity index is 0. The molecule has 7 N–H and O–H groups in total. The molecule has 0 aromatic rings. The molecule has 200 valence electrons. The molecule has 0 aliphatic heterocycles. The third kappa shape index (κ3) is 23.0. The number of carbonyl (C=O) groups excluding carboxylic acids is 2. The fourth-order valence-corrected chi connectivity index (χ4v) is 3.12. The fourth-order valence-electron chi connectivity index (χ4n) is 3.12. The minimum atomic E-state index is -1.29. The summed E-state index contributed by atoms with van der Waals surface area (Å²) in [6.07, 6.45) is 13.3. The van der Waals surface area contributed by atoms with Gasteiger partial charge in [0, 0.05) is 6.42 Å². The van der Waals surface area contributed by atoms with Crippen molar-refractivity contribution in [2.75, 3.05) is 13.2 Å². The van der Waals surface area contributed by atoms with E-state index >= 15 is 0 Å². The third-order valence-corrected chi connectivity index (χ3v) is 5.07. The number of ether oxygens (including phenoxy) is 1. The maximum atomic E-state index is 12.1. The number of carbonyl (C=O) groups is 4. The maximum Gasteiger partial charge on any atom is 0.328 e. The van der Waals surface area contributed by atoms with Gasteiger partial charge in [0.25, 0.3) is 0 Å². The van der Waals surface area contributed by atoms with E-state index in [2.05, 4.69) is 12.2 Å². The zero-order valence-electron chi connectivity index (χ0n) is 21.1. The number of nitrogens with one attached hydrogen (secondary N) is 1. The molecule has 0 aromatic carbocycles. The summed E-state index contributed by atoms with van der Waals surface area (Å²) < 4.78 is 5.05. The van der Waals surface area contributed by atoms with Crippen LogP contribution in [0.25, 0.3) is 0 Å². The highest BCUT2D eigenvalue weighted by molar-refractivity contribution is 5.84. The van der Waals surface area contributed by atoms with Crippen molar-refractivity contribution in [2.45, 2.75) is 116 Å². The van der Waals surface area contributed by atoms with Crippen molar-refractivity contribution in [3.05, 3.63) is 0 Å². The minimum absolute atomic E-state index is 0.0475. The zero-order valence-corrected chi connectivity index (χ0v) is 21.1. The molecule has 1 amide bonds. The van der Waals surface area contributed by atoms with Crippen molar-refractivity contribution in [1.29, 1.82) is 0 Å². The van der Waals surface area contributed by atoms with Gasteiger partial charge in [-0.2, -0.15) is 0 Å². The summed E-state index contributed by atoms with van der Waals surface area (Å²) in [5.41, 5.74) is 10.3. The Morgan fingerprint density at radius 2 is 1.41 bits per heavy atom. The molecule has 0 unspecified atom stereocenters.